The number of hydrazine groups is 1. The number of carbonyl (C=O) groups excluding carboxylic acids is 3. The molecule has 4 atom stereocenters. The first-order chi connectivity index (χ1) is 16.9. The number of ketones is 1. The normalized spacial score (nSPS) is 29.3. The van der Waals surface area contributed by atoms with Crippen molar-refractivity contribution in [3.8, 4) is 5.75 Å². The quantitative estimate of drug-likeness (QED) is 0.510. The molecule has 2 aliphatic carbocycles. The Labute approximate surface area is 213 Å². The third-order valence-electron chi connectivity index (χ3n) is 8.86. The number of hydrogen-bond acceptors (Lipinski definition) is 6. The van der Waals surface area contributed by atoms with Crippen molar-refractivity contribution in [3.63, 3.8) is 0 Å². The second-order valence-electron chi connectivity index (χ2n) is 11.2. The molecule has 2 saturated carbocycles. The summed E-state index contributed by atoms with van der Waals surface area (Å²) in [7, 11) is -3.93. The van der Waals surface area contributed by atoms with Gasteiger partial charge in [-0.05, 0) is 81.5 Å². The van der Waals surface area contributed by atoms with Gasteiger partial charge >= 0.3 is 0 Å². The summed E-state index contributed by atoms with van der Waals surface area (Å²) >= 11 is 0. The van der Waals surface area contributed by atoms with Gasteiger partial charge in [0.2, 0.25) is 10.0 Å². The van der Waals surface area contributed by atoms with Crippen molar-refractivity contribution >= 4 is 27.6 Å². The molecular formula is C26H37N3O6S. The predicted molar refractivity (Wildman–Crippen MR) is 135 cm³/mol. The highest BCUT2D eigenvalue weighted by molar-refractivity contribution is 7.89. The maximum absolute atomic E-state index is 12.8. The Morgan fingerprint density at radius 3 is 2.28 bits per heavy atom. The Morgan fingerprint density at radius 1 is 1.08 bits per heavy atom. The predicted octanol–water partition coefficient (Wildman–Crippen LogP) is 2.81. The van der Waals surface area contributed by atoms with Gasteiger partial charge in [-0.3, -0.25) is 19.8 Å². The number of amides is 2. The standard InChI is InChI=1S/C26H37N3O6S/c1-17-6-5-7-18(2)29(17)23(31)15-35-21-10-8-19(9-11-21)24(32)27-28-36(33,34)16-26-13-12-20(14-22(26)30)25(26,3)4/h8-11,17-18,20,28H,5-7,12-16H2,1-4H3,(H,27,32)/t17-,18-,20-,26-/m0/s1. The van der Waals surface area contributed by atoms with E-state index < -0.39 is 21.3 Å². The van der Waals surface area contributed by atoms with E-state index in [0.29, 0.717) is 18.6 Å². The Kier molecular flexibility index (Phi) is 7.22. The van der Waals surface area contributed by atoms with Crippen molar-refractivity contribution in [2.24, 2.45) is 16.7 Å². The molecule has 3 aliphatic rings. The lowest BCUT2D eigenvalue weighted by atomic mass is 9.70. The number of nitrogens with one attached hydrogen (secondary N) is 2. The molecule has 198 valence electrons. The minimum Gasteiger partial charge on any atom is -0.484 e. The van der Waals surface area contributed by atoms with Crippen LogP contribution < -0.4 is 15.0 Å². The summed E-state index contributed by atoms with van der Waals surface area (Å²) in [5.74, 6) is -0.387. The summed E-state index contributed by atoms with van der Waals surface area (Å²) in [5, 5.41) is 0. The van der Waals surface area contributed by atoms with Crippen molar-refractivity contribution in [3.05, 3.63) is 29.8 Å². The summed E-state index contributed by atoms with van der Waals surface area (Å²) in [4.78, 5) is 41.8. The molecule has 1 heterocycles. The number of hydrogen-bond donors (Lipinski definition) is 2. The van der Waals surface area contributed by atoms with Crippen molar-refractivity contribution < 1.29 is 27.5 Å². The molecule has 9 nitrogen and oxygen atoms in total. The molecule has 0 spiro atoms. The third kappa shape index (κ3) is 4.89. The number of benzene rings is 1. The van der Waals surface area contributed by atoms with E-state index in [1.165, 1.54) is 12.1 Å². The molecule has 2 amide bonds. The van der Waals surface area contributed by atoms with Crippen molar-refractivity contribution in [2.75, 3.05) is 12.4 Å². The summed E-state index contributed by atoms with van der Waals surface area (Å²) < 4.78 is 31.2. The molecule has 0 aromatic heterocycles. The van der Waals surface area contributed by atoms with Gasteiger partial charge in [-0.2, -0.15) is 0 Å². The topological polar surface area (TPSA) is 122 Å². The monoisotopic (exact) mass is 519 g/mol. The van der Waals surface area contributed by atoms with Crippen molar-refractivity contribution in [1.82, 2.24) is 15.2 Å². The number of likely N-dealkylation sites (tertiary alicyclic amines) is 1. The first kappa shape index (κ1) is 26.6. The molecule has 0 radical (unpaired) electrons. The molecule has 1 aromatic rings. The minimum atomic E-state index is -3.93. The third-order valence-corrected chi connectivity index (χ3v) is 10.1. The van der Waals surface area contributed by atoms with Gasteiger partial charge in [-0.1, -0.05) is 13.8 Å². The fourth-order valence-electron chi connectivity index (χ4n) is 6.50. The van der Waals surface area contributed by atoms with Gasteiger partial charge in [-0.25, -0.2) is 8.42 Å². The van der Waals surface area contributed by atoms with Crippen LogP contribution in [0.3, 0.4) is 0 Å². The van der Waals surface area contributed by atoms with Crippen LogP contribution in [0.5, 0.6) is 5.75 Å². The van der Waals surface area contributed by atoms with Crippen LogP contribution in [0.15, 0.2) is 24.3 Å². The highest BCUT2D eigenvalue weighted by Crippen LogP contribution is 2.64. The van der Waals surface area contributed by atoms with Crippen LogP contribution in [-0.2, 0) is 19.6 Å². The summed E-state index contributed by atoms with van der Waals surface area (Å²) in [6.45, 7) is 7.94. The maximum atomic E-state index is 12.8. The Hall–Kier alpha value is -2.46. The maximum Gasteiger partial charge on any atom is 0.266 e. The number of piperidine rings is 1. The smallest absolute Gasteiger partial charge is 0.266 e. The fraction of sp³-hybridized carbons (Fsp3) is 0.654. The summed E-state index contributed by atoms with van der Waals surface area (Å²) in [6.07, 6.45) is 4.90. The van der Waals surface area contributed by atoms with E-state index >= 15 is 0 Å². The lowest BCUT2D eigenvalue weighted by Gasteiger charge is -2.38. The number of sulfonamides is 1. The largest absolute Gasteiger partial charge is 0.484 e. The van der Waals surface area contributed by atoms with E-state index in [0.717, 1.165) is 25.7 Å². The van der Waals surface area contributed by atoms with Gasteiger partial charge in [0.15, 0.2) is 6.61 Å². The first-order valence-electron chi connectivity index (χ1n) is 12.7. The van der Waals surface area contributed by atoms with E-state index in [4.69, 9.17) is 4.74 Å². The Morgan fingerprint density at radius 2 is 1.72 bits per heavy atom. The number of nitrogens with zero attached hydrogens (tertiary/aromatic N) is 1. The highest BCUT2D eigenvalue weighted by Gasteiger charge is 2.65. The first-order valence-corrected chi connectivity index (χ1v) is 14.4. The molecule has 1 aromatic carbocycles. The minimum absolute atomic E-state index is 0.00118. The Balaban J connectivity index is 1.30. The SMILES string of the molecule is C[C@H]1CCC[C@H](C)N1C(=O)COc1ccc(C(=O)NNS(=O)(=O)C[C@@]23CC[C@@H](CC2=O)C3(C)C)cc1. The fourth-order valence-corrected chi connectivity index (χ4v) is 8.15. The van der Waals surface area contributed by atoms with Crippen LogP contribution in [0.25, 0.3) is 0 Å². The zero-order valence-corrected chi connectivity index (χ0v) is 22.3. The van der Waals surface area contributed by atoms with Gasteiger partial charge in [0.25, 0.3) is 11.8 Å². The molecule has 3 fully saturated rings. The van der Waals surface area contributed by atoms with E-state index in [9.17, 15) is 22.8 Å². The second kappa shape index (κ2) is 9.78. The van der Waals surface area contributed by atoms with Crippen LogP contribution in [0.2, 0.25) is 0 Å². The van der Waals surface area contributed by atoms with Crippen LogP contribution in [0.4, 0.5) is 0 Å². The summed E-state index contributed by atoms with van der Waals surface area (Å²) in [6, 6.07) is 6.51. The molecule has 2 bridgehead atoms. The van der Waals surface area contributed by atoms with Gasteiger partial charge in [0, 0.05) is 29.5 Å². The summed E-state index contributed by atoms with van der Waals surface area (Å²) in [5.41, 5.74) is 1.18. The Bertz CT molecular complexity index is 1120. The molecule has 1 aliphatic heterocycles. The van der Waals surface area contributed by atoms with Gasteiger partial charge in [-0.15, -0.1) is 4.83 Å². The van der Waals surface area contributed by atoms with E-state index in [-0.39, 0.29) is 53.0 Å². The van der Waals surface area contributed by atoms with Crippen LogP contribution in [0.1, 0.15) is 76.6 Å². The molecule has 10 heteroatoms. The van der Waals surface area contributed by atoms with E-state index in [2.05, 4.69) is 10.3 Å². The van der Waals surface area contributed by atoms with Gasteiger partial charge < -0.3 is 9.64 Å². The molecule has 0 unspecified atom stereocenters. The number of Topliss-reactive ketones (excluding diaryl/α,β-unsaturated/α-hetero) is 1. The van der Waals surface area contributed by atoms with Gasteiger partial charge in [0.1, 0.15) is 11.5 Å². The van der Waals surface area contributed by atoms with Crippen LogP contribution in [-0.4, -0.2) is 55.4 Å². The number of rotatable bonds is 8. The average molecular weight is 520 g/mol. The molecule has 4 rings (SSSR count). The van der Waals surface area contributed by atoms with Crippen molar-refractivity contribution in [2.45, 2.75) is 78.3 Å². The molecule has 2 N–H and O–H groups in total. The number of carbonyl (C=O) groups is 3. The van der Waals surface area contributed by atoms with Crippen molar-refractivity contribution in [1.29, 1.82) is 0 Å². The van der Waals surface area contributed by atoms with E-state index in [1.807, 2.05) is 32.6 Å². The van der Waals surface area contributed by atoms with Gasteiger partial charge in [0.05, 0.1) is 5.75 Å². The molecule has 36 heavy (non-hydrogen) atoms. The van der Waals surface area contributed by atoms with E-state index in [1.54, 1.807) is 12.1 Å². The zero-order valence-electron chi connectivity index (χ0n) is 21.5. The lowest BCUT2D eigenvalue weighted by Crippen LogP contribution is -2.49. The van der Waals surface area contributed by atoms with Crippen LogP contribution in [0, 0.1) is 16.7 Å². The number of ether oxygens (including phenoxy) is 1. The molecular weight excluding hydrogens is 482 g/mol. The second-order valence-corrected chi connectivity index (χ2v) is 12.9. The highest BCUT2D eigenvalue weighted by atomic mass is 32.2. The van der Waals surface area contributed by atoms with Crippen LogP contribution >= 0.6 is 0 Å². The average Bonchev–Trinajstić information content (AvgIpc) is 3.15. The number of fused-ring (bicyclic) bond motifs is 2. The molecule has 1 saturated heterocycles. The lowest BCUT2D eigenvalue weighted by molar-refractivity contribution is -0.139. The zero-order chi connectivity index (χ0) is 26.3.